The first-order chi connectivity index (χ1) is 12.0. The first-order valence-corrected chi connectivity index (χ1v) is 9.16. The van der Waals surface area contributed by atoms with Gasteiger partial charge in [-0.05, 0) is 36.5 Å². The van der Waals surface area contributed by atoms with Crippen molar-refractivity contribution in [3.05, 3.63) is 42.0 Å². The van der Waals surface area contributed by atoms with Crippen LogP contribution in [0.25, 0.3) is 0 Å². The number of nitrogens with one attached hydrogen (secondary N) is 1. The van der Waals surface area contributed by atoms with Gasteiger partial charge in [-0.15, -0.1) is 0 Å². The van der Waals surface area contributed by atoms with E-state index in [2.05, 4.69) is 46.9 Å². The van der Waals surface area contributed by atoms with E-state index in [1.54, 1.807) is 11.2 Å². The van der Waals surface area contributed by atoms with Gasteiger partial charge < -0.3 is 14.8 Å². The van der Waals surface area contributed by atoms with E-state index < -0.39 is 0 Å². The number of carbonyl (C=O) groups excluding carboxylic acids is 1. The average molecular weight is 340 g/mol. The molecule has 0 aliphatic carbocycles. The number of fused-ring (bicyclic) bond motifs is 1. The summed E-state index contributed by atoms with van der Waals surface area (Å²) in [6, 6.07) is 6.38. The summed E-state index contributed by atoms with van der Waals surface area (Å²) in [6.07, 6.45) is 7.30. The monoisotopic (exact) mass is 340 g/mol. The van der Waals surface area contributed by atoms with Crippen LogP contribution in [-0.4, -0.2) is 29.5 Å². The summed E-state index contributed by atoms with van der Waals surface area (Å²) in [5.41, 5.74) is 4.67. The fourth-order valence-electron chi connectivity index (χ4n) is 3.36. The maximum Gasteiger partial charge on any atom is 0.226 e. The lowest BCUT2D eigenvalue weighted by molar-refractivity contribution is -0.118. The number of benzene rings is 1. The third-order valence-electron chi connectivity index (χ3n) is 4.91. The third kappa shape index (κ3) is 4.21. The molecular formula is C20H28N4O. The Balaban J connectivity index is 1.68. The molecule has 0 unspecified atom stereocenters. The minimum Gasteiger partial charge on any atom is -0.365 e. The maximum atomic E-state index is 12.5. The van der Waals surface area contributed by atoms with E-state index in [1.165, 1.54) is 11.3 Å². The zero-order valence-electron chi connectivity index (χ0n) is 15.5. The van der Waals surface area contributed by atoms with E-state index >= 15 is 0 Å². The zero-order chi connectivity index (χ0) is 17.8. The van der Waals surface area contributed by atoms with E-state index in [1.807, 2.05) is 13.2 Å². The number of anilines is 2. The van der Waals surface area contributed by atoms with Gasteiger partial charge in [-0.25, -0.2) is 4.98 Å². The van der Waals surface area contributed by atoms with Gasteiger partial charge in [0.15, 0.2) is 0 Å². The molecule has 2 heterocycles. The smallest absolute Gasteiger partial charge is 0.226 e. The number of hydrogen-bond acceptors (Lipinski definition) is 3. The molecule has 0 saturated heterocycles. The molecule has 1 amide bonds. The van der Waals surface area contributed by atoms with Gasteiger partial charge >= 0.3 is 0 Å². The number of amides is 1. The van der Waals surface area contributed by atoms with Crippen LogP contribution in [0.15, 0.2) is 30.7 Å². The summed E-state index contributed by atoms with van der Waals surface area (Å²) in [7, 11) is 1.88. The van der Waals surface area contributed by atoms with Crippen molar-refractivity contribution in [2.24, 2.45) is 5.92 Å². The summed E-state index contributed by atoms with van der Waals surface area (Å²) in [5.74, 6) is 0.841. The Bertz CT molecular complexity index is 708. The molecule has 2 aromatic rings. The predicted molar refractivity (Wildman–Crippen MR) is 102 cm³/mol. The molecule has 1 aliphatic rings. The lowest BCUT2D eigenvalue weighted by Gasteiger charge is -2.22. The Kier molecular flexibility index (Phi) is 5.41. The van der Waals surface area contributed by atoms with Gasteiger partial charge in [-0.2, -0.15) is 0 Å². The number of aromatic nitrogens is 2. The molecule has 1 N–H and O–H groups in total. The maximum absolute atomic E-state index is 12.5. The summed E-state index contributed by atoms with van der Waals surface area (Å²) < 4.78 is 0. The number of rotatable bonds is 7. The SMILES string of the molecule is CC(C)CCCC(=O)N(C)c1ccc2c(c1)N(Cc1cnc[nH]1)CC2. The Morgan fingerprint density at radius 1 is 1.40 bits per heavy atom. The Morgan fingerprint density at radius 3 is 2.96 bits per heavy atom. The van der Waals surface area contributed by atoms with E-state index in [4.69, 9.17) is 0 Å². The second-order valence-corrected chi connectivity index (χ2v) is 7.30. The van der Waals surface area contributed by atoms with Gasteiger partial charge in [-0.1, -0.05) is 26.3 Å². The van der Waals surface area contributed by atoms with Crippen molar-refractivity contribution < 1.29 is 4.79 Å². The van der Waals surface area contributed by atoms with Crippen LogP contribution in [-0.2, 0) is 17.8 Å². The molecule has 25 heavy (non-hydrogen) atoms. The number of H-pyrrole nitrogens is 1. The normalized spacial score (nSPS) is 13.4. The van der Waals surface area contributed by atoms with Crippen molar-refractivity contribution >= 4 is 17.3 Å². The van der Waals surface area contributed by atoms with Crippen LogP contribution in [0.4, 0.5) is 11.4 Å². The van der Waals surface area contributed by atoms with Crippen molar-refractivity contribution in [2.75, 3.05) is 23.4 Å². The lowest BCUT2D eigenvalue weighted by atomic mass is 10.1. The highest BCUT2D eigenvalue weighted by molar-refractivity contribution is 5.93. The molecule has 5 nitrogen and oxygen atoms in total. The summed E-state index contributed by atoms with van der Waals surface area (Å²) in [5, 5.41) is 0. The largest absolute Gasteiger partial charge is 0.365 e. The third-order valence-corrected chi connectivity index (χ3v) is 4.91. The summed E-state index contributed by atoms with van der Waals surface area (Å²) >= 11 is 0. The Labute approximate surface area is 150 Å². The second kappa shape index (κ2) is 7.72. The minimum absolute atomic E-state index is 0.193. The number of nitrogens with zero attached hydrogens (tertiary/aromatic N) is 3. The molecular weight excluding hydrogens is 312 g/mol. The average Bonchev–Trinajstić information content (AvgIpc) is 3.24. The molecule has 134 valence electrons. The van der Waals surface area contributed by atoms with Crippen molar-refractivity contribution in [1.82, 2.24) is 9.97 Å². The number of aromatic amines is 1. The van der Waals surface area contributed by atoms with Gasteiger partial charge in [0.05, 0.1) is 18.6 Å². The molecule has 1 aromatic carbocycles. The fourth-order valence-corrected chi connectivity index (χ4v) is 3.36. The first kappa shape index (κ1) is 17.5. The molecule has 5 heteroatoms. The molecule has 0 atom stereocenters. The van der Waals surface area contributed by atoms with Crippen LogP contribution in [0.1, 0.15) is 44.4 Å². The van der Waals surface area contributed by atoms with Crippen LogP contribution in [0.3, 0.4) is 0 Å². The van der Waals surface area contributed by atoms with Gasteiger partial charge in [0.1, 0.15) is 0 Å². The molecule has 3 rings (SSSR count). The van der Waals surface area contributed by atoms with Crippen LogP contribution in [0.2, 0.25) is 0 Å². The number of hydrogen-bond donors (Lipinski definition) is 1. The second-order valence-electron chi connectivity index (χ2n) is 7.30. The molecule has 0 bridgehead atoms. The molecule has 0 radical (unpaired) electrons. The standard InChI is InChI=1S/C20H28N4O/c1-15(2)5-4-6-20(25)23(3)18-8-7-16-9-10-24(19(16)11-18)13-17-12-21-14-22-17/h7-8,11-12,14-15H,4-6,9-10,13H2,1-3H3,(H,21,22). The van der Waals surface area contributed by atoms with Gasteiger partial charge in [0.2, 0.25) is 5.91 Å². The Hall–Kier alpha value is -2.30. The van der Waals surface area contributed by atoms with E-state index in [0.717, 1.165) is 43.7 Å². The molecule has 1 aliphatic heterocycles. The first-order valence-electron chi connectivity index (χ1n) is 9.16. The topological polar surface area (TPSA) is 52.2 Å². The van der Waals surface area contributed by atoms with Gasteiger partial charge in [0.25, 0.3) is 0 Å². The van der Waals surface area contributed by atoms with Crippen molar-refractivity contribution in [2.45, 2.75) is 46.1 Å². The van der Waals surface area contributed by atoms with E-state index in [0.29, 0.717) is 12.3 Å². The van der Waals surface area contributed by atoms with Crippen molar-refractivity contribution in [1.29, 1.82) is 0 Å². The van der Waals surface area contributed by atoms with Gasteiger partial charge in [-0.3, -0.25) is 4.79 Å². The van der Waals surface area contributed by atoms with Crippen molar-refractivity contribution in [3.63, 3.8) is 0 Å². The van der Waals surface area contributed by atoms with Crippen LogP contribution in [0, 0.1) is 5.92 Å². The Morgan fingerprint density at radius 2 is 2.24 bits per heavy atom. The van der Waals surface area contributed by atoms with Crippen molar-refractivity contribution in [3.8, 4) is 0 Å². The fraction of sp³-hybridized carbons (Fsp3) is 0.500. The molecule has 0 fully saturated rings. The quantitative estimate of drug-likeness (QED) is 0.835. The van der Waals surface area contributed by atoms with Crippen LogP contribution < -0.4 is 9.80 Å². The van der Waals surface area contributed by atoms with E-state index in [-0.39, 0.29) is 5.91 Å². The summed E-state index contributed by atoms with van der Waals surface area (Å²) in [6.45, 7) is 6.22. The zero-order valence-corrected chi connectivity index (χ0v) is 15.5. The highest BCUT2D eigenvalue weighted by atomic mass is 16.2. The van der Waals surface area contributed by atoms with Gasteiger partial charge in [0, 0.05) is 37.6 Å². The van der Waals surface area contributed by atoms with E-state index in [9.17, 15) is 4.79 Å². The van der Waals surface area contributed by atoms with Crippen LogP contribution >= 0.6 is 0 Å². The molecule has 0 saturated carbocycles. The highest BCUT2D eigenvalue weighted by Crippen LogP contribution is 2.33. The summed E-state index contributed by atoms with van der Waals surface area (Å²) in [4.78, 5) is 23.9. The number of imidazole rings is 1. The molecule has 0 spiro atoms. The highest BCUT2D eigenvalue weighted by Gasteiger charge is 2.21. The number of carbonyl (C=O) groups is 1. The van der Waals surface area contributed by atoms with Crippen LogP contribution in [0.5, 0.6) is 0 Å². The lowest BCUT2D eigenvalue weighted by Crippen LogP contribution is -2.26. The minimum atomic E-state index is 0.193. The predicted octanol–water partition coefficient (Wildman–Crippen LogP) is 3.76. The molecule has 1 aromatic heterocycles.